The van der Waals surface area contributed by atoms with Crippen LogP contribution in [-0.4, -0.2) is 49.5 Å². The molecule has 8 heteroatoms. The number of cyclic esters (lactones) is 1. The van der Waals surface area contributed by atoms with Crippen LogP contribution >= 0.6 is 0 Å². The predicted molar refractivity (Wildman–Crippen MR) is 90.8 cm³/mol. The average Bonchev–Trinajstić information content (AvgIpc) is 3.18. The summed E-state index contributed by atoms with van der Waals surface area (Å²) in [5.41, 5.74) is 0.686. The SMILES string of the molecule is C=CCNC(=O)[C@@H]1CCC(=O)N1C1OC(=O)c2c1ccc(OC)c2OC. The minimum Gasteiger partial charge on any atom is -0.493 e. The van der Waals surface area contributed by atoms with E-state index in [0.29, 0.717) is 24.3 Å². The molecule has 1 fully saturated rings. The van der Waals surface area contributed by atoms with Gasteiger partial charge in [-0.1, -0.05) is 6.08 Å². The van der Waals surface area contributed by atoms with Crippen LogP contribution < -0.4 is 14.8 Å². The van der Waals surface area contributed by atoms with Gasteiger partial charge < -0.3 is 19.5 Å². The molecular formula is C18H20N2O6. The second-order valence-corrected chi connectivity index (χ2v) is 5.91. The number of carbonyl (C=O) groups is 3. The largest absolute Gasteiger partial charge is 0.493 e. The molecular weight excluding hydrogens is 340 g/mol. The minimum atomic E-state index is -0.966. The van der Waals surface area contributed by atoms with Gasteiger partial charge in [0.15, 0.2) is 11.5 Å². The van der Waals surface area contributed by atoms with Gasteiger partial charge >= 0.3 is 5.97 Å². The van der Waals surface area contributed by atoms with Crippen LogP contribution in [0.4, 0.5) is 0 Å². The molecule has 2 aliphatic heterocycles. The molecule has 2 aliphatic rings. The summed E-state index contributed by atoms with van der Waals surface area (Å²) in [6.45, 7) is 3.85. The number of esters is 1. The molecule has 0 saturated carbocycles. The zero-order chi connectivity index (χ0) is 18.8. The molecule has 0 bridgehead atoms. The molecule has 2 amide bonds. The molecule has 3 rings (SSSR count). The van der Waals surface area contributed by atoms with E-state index in [4.69, 9.17) is 14.2 Å². The number of rotatable bonds is 6. The Morgan fingerprint density at radius 2 is 2.15 bits per heavy atom. The Balaban J connectivity index is 1.98. The molecule has 8 nitrogen and oxygen atoms in total. The van der Waals surface area contributed by atoms with E-state index in [0.717, 1.165) is 0 Å². The maximum atomic E-state index is 12.4. The van der Waals surface area contributed by atoms with Gasteiger partial charge in [-0.15, -0.1) is 6.58 Å². The van der Waals surface area contributed by atoms with Crippen molar-refractivity contribution in [1.82, 2.24) is 10.2 Å². The van der Waals surface area contributed by atoms with Gasteiger partial charge in [-0.05, 0) is 18.6 Å². The van der Waals surface area contributed by atoms with Gasteiger partial charge in [-0.2, -0.15) is 0 Å². The van der Waals surface area contributed by atoms with Crippen LogP contribution in [0.15, 0.2) is 24.8 Å². The third-order valence-corrected chi connectivity index (χ3v) is 4.50. The number of benzene rings is 1. The van der Waals surface area contributed by atoms with Crippen molar-refractivity contribution in [3.8, 4) is 11.5 Å². The molecule has 0 spiro atoms. The van der Waals surface area contributed by atoms with Crippen molar-refractivity contribution in [2.24, 2.45) is 0 Å². The average molecular weight is 360 g/mol. The third-order valence-electron chi connectivity index (χ3n) is 4.50. The van der Waals surface area contributed by atoms with Crippen LogP contribution in [-0.2, 0) is 14.3 Å². The summed E-state index contributed by atoms with van der Waals surface area (Å²) in [7, 11) is 2.89. The molecule has 2 heterocycles. The van der Waals surface area contributed by atoms with E-state index in [-0.39, 0.29) is 29.5 Å². The zero-order valence-electron chi connectivity index (χ0n) is 14.6. The van der Waals surface area contributed by atoms with Crippen LogP contribution in [0.5, 0.6) is 11.5 Å². The molecule has 1 N–H and O–H groups in total. The van der Waals surface area contributed by atoms with E-state index in [2.05, 4.69) is 11.9 Å². The van der Waals surface area contributed by atoms with E-state index >= 15 is 0 Å². The molecule has 1 saturated heterocycles. The van der Waals surface area contributed by atoms with Crippen LogP contribution in [0.2, 0.25) is 0 Å². The normalized spacial score (nSPS) is 21.2. The van der Waals surface area contributed by atoms with Gasteiger partial charge in [-0.25, -0.2) is 4.79 Å². The number of carbonyl (C=O) groups excluding carboxylic acids is 3. The van der Waals surface area contributed by atoms with Crippen molar-refractivity contribution in [2.75, 3.05) is 20.8 Å². The van der Waals surface area contributed by atoms with E-state index in [1.807, 2.05) is 0 Å². The van der Waals surface area contributed by atoms with Crippen molar-refractivity contribution in [3.63, 3.8) is 0 Å². The molecule has 0 radical (unpaired) electrons. The van der Waals surface area contributed by atoms with Crippen molar-refractivity contribution in [3.05, 3.63) is 35.9 Å². The summed E-state index contributed by atoms with van der Waals surface area (Å²) in [5, 5.41) is 2.69. The number of nitrogens with zero attached hydrogens (tertiary/aromatic N) is 1. The highest BCUT2D eigenvalue weighted by Crippen LogP contribution is 2.45. The van der Waals surface area contributed by atoms with Crippen LogP contribution in [0, 0.1) is 0 Å². The highest BCUT2D eigenvalue weighted by atomic mass is 16.6. The van der Waals surface area contributed by atoms with Crippen molar-refractivity contribution in [1.29, 1.82) is 0 Å². The minimum absolute atomic E-state index is 0.210. The van der Waals surface area contributed by atoms with E-state index in [9.17, 15) is 14.4 Å². The molecule has 1 unspecified atom stereocenters. The maximum Gasteiger partial charge on any atom is 0.344 e. The number of nitrogens with one attached hydrogen (secondary N) is 1. The topological polar surface area (TPSA) is 94.2 Å². The van der Waals surface area contributed by atoms with Gasteiger partial charge in [-0.3, -0.25) is 14.5 Å². The molecule has 138 valence electrons. The number of fused-ring (bicyclic) bond motifs is 1. The van der Waals surface area contributed by atoms with Gasteiger partial charge in [0.05, 0.1) is 14.2 Å². The van der Waals surface area contributed by atoms with Crippen molar-refractivity contribution < 1.29 is 28.6 Å². The highest BCUT2D eigenvalue weighted by Gasteiger charge is 2.47. The quantitative estimate of drug-likeness (QED) is 0.604. The summed E-state index contributed by atoms with van der Waals surface area (Å²) < 4.78 is 15.9. The van der Waals surface area contributed by atoms with E-state index < -0.39 is 18.2 Å². The molecule has 0 aliphatic carbocycles. The van der Waals surface area contributed by atoms with Gasteiger partial charge in [0, 0.05) is 18.5 Å². The molecule has 2 atom stereocenters. The number of likely N-dealkylation sites (tertiary alicyclic amines) is 1. The Hall–Kier alpha value is -3.03. The van der Waals surface area contributed by atoms with E-state index in [1.165, 1.54) is 19.1 Å². The lowest BCUT2D eigenvalue weighted by Crippen LogP contribution is -2.46. The number of ether oxygens (including phenoxy) is 3. The number of hydrogen-bond acceptors (Lipinski definition) is 6. The van der Waals surface area contributed by atoms with Gasteiger partial charge in [0.2, 0.25) is 18.0 Å². The number of methoxy groups -OCH3 is 2. The summed E-state index contributed by atoms with van der Waals surface area (Å²) in [5.74, 6) is -0.538. The van der Waals surface area contributed by atoms with Gasteiger partial charge in [0.25, 0.3) is 0 Å². The first-order chi connectivity index (χ1) is 12.5. The van der Waals surface area contributed by atoms with Crippen LogP contribution in [0.1, 0.15) is 35.0 Å². The number of amides is 2. The Kier molecular flexibility index (Phi) is 4.83. The van der Waals surface area contributed by atoms with Crippen LogP contribution in [0.3, 0.4) is 0 Å². The van der Waals surface area contributed by atoms with Gasteiger partial charge in [0.1, 0.15) is 11.6 Å². The Morgan fingerprint density at radius 1 is 1.38 bits per heavy atom. The summed E-state index contributed by atoms with van der Waals surface area (Å²) in [6.07, 6.45) is 1.16. The summed E-state index contributed by atoms with van der Waals surface area (Å²) >= 11 is 0. The second kappa shape index (κ2) is 7.07. The van der Waals surface area contributed by atoms with Crippen molar-refractivity contribution in [2.45, 2.75) is 25.1 Å². The molecule has 0 aromatic heterocycles. The lowest BCUT2D eigenvalue weighted by molar-refractivity contribution is -0.145. The van der Waals surface area contributed by atoms with E-state index in [1.54, 1.807) is 18.2 Å². The Bertz CT molecular complexity index is 775. The molecule has 1 aromatic rings. The smallest absolute Gasteiger partial charge is 0.344 e. The first-order valence-electron chi connectivity index (χ1n) is 8.19. The first kappa shape index (κ1) is 17.8. The summed E-state index contributed by atoms with van der Waals surface area (Å²) in [4.78, 5) is 38.6. The standard InChI is InChI=1S/C18H20N2O6/c1-4-9-19-16(22)11-6-8-13(21)20(11)17-10-5-7-12(24-2)15(25-3)14(10)18(23)26-17/h4-5,7,11,17H,1,6,8-9H2,2-3H3,(H,19,22)/t11-,17?/m0/s1. The fourth-order valence-electron chi connectivity index (χ4n) is 3.33. The van der Waals surface area contributed by atoms with Crippen LogP contribution in [0.25, 0.3) is 0 Å². The van der Waals surface area contributed by atoms with Crippen molar-refractivity contribution >= 4 is 17.8 Å². The first-order valence-corrected chi connectivity index (χ1v) is 8.19. The fourth-order valence-corrected chi connectivity index (χ4v) is 3.33. The Labute approximate surface area is 150 Å². The Morgan fingerprint density at radius 3 is 2.81 bits per heavy atom. The fraction of sp³-hybridized carbons (Fsp3) is 0.389. The second-order valence-electron chi connectivity index (χ2n) is 5.91. The monoisotopic (exact) mass is 360 g/mol. The lowest BCUT2D eigenvalue weighted by atomic mass is 10.1. The lowest BCUT2D eigenvalue weighted by Gasteiger charge is -2.29. The third kappa shape index (κ3) is 2.77. The predicted octanol–water partition coefficient (Wildman–Crippen LogP) is 1.17. The molecule has 1 aromatic carbocycles. The maximum absolute atomic E-state index is 12.4. The number of hydrogen-bond donors (Lipinski definition) is 1. The highest BCUT2D eigenvalue weighted by molar-refractivity contribution is 5.99. The molecule has 26 heavy (non-hydrogen) atoms. The summed E-state index contributed by atoms with van der Waals surface area (Å²) in [6, 6.07) is 2.58. The zero-order valence-corrected chi connectivity index (χ0v) is 14.6.